The van der Waals surface area contributed by atoms with Crippen LogP contribution in [0, 0.1) is 5.92 Å². The highest BCUT2D eigenvalue weighted by Crippen LogP contribution is 2.36. The van der Waals surface area contributed by atoms with Crippen molar-refractivity contribution in [2.24, 2.45) is 11.7 Å². The summed E-state index contributed by atoms with van der Waals surface area (Å²) in [6.07, 6.45) is 8.79. The molecular weight excluding hydrogens is 242 g/mol. The first-order chi connectivity index (χ1) is 9.17. The first-order valence-corrected chi connectivity index (χ1v) is 6.57. The summed E-state index contributed by atoms with van der Waals surface area (Å²) in [6.45, 7) is 2.25. The predicted molar refractivity (Wildman–Crippen MR) is 68.8 cm³/mol. The quantitative estimate of drug-likeness (QED) is 0.885. The minimum absolute atomic E-state index is 0.451. The van der Waals surface area contributed by atoms with E-state index < -0.39 is 5.54 Å². The van der Waals surface area contributed by atoms with Crippen molar-refractivity contribution in [3.05, 3.63) is 24.5 Å². The summed E-state index contributed by atoms with van der Waals surface area (Å²) in [4.78, 5) is 12.5. The van der Waals surface area contributed by atoms with Crippen molar-refractivity contribution in [1.29, 1.82) is 0 Å². The third-order valence-corrected chi connectivity index (χ3v) is 3.81. The van der Waals surface area contributed by atoms with Gasteiger partial charge in [0.1, 0.15) is 5.69 Å². The van der Waals surface area contributed by atoms with Crippen LogP contribution < -0.4 is 5.73 Å². The standard InChI is InChI=1S/C13H17N5O/c1-9-2-4-13(14,5-3-9)12-17-11(18-19-12)10-8-15-6-7-16-10/h6-9H,2-5,14H2,1H3. The Bertz CT molecular complexity index is 545. The summed E-state index contributed by atoms with van der Waals surface area (Å²) in [6, 6.07) is 0. The van der Waals surface area contributed by atoms with Crippen LogP contribution in [0.1, 0.15) is 38.5 Å². The molecule has 1 aliphatic rings. The molecule has 0 aliphatic heterocycles. The van der Waals surface area contributed by atoms with Gasteiger partial charge < -0.3 is 10.3 Å². The van der Waals surface area contributed by atoms with E-state index in [1.807, 2.05) is 0 Å². The van der Waals surface area contributed by atoms with E-state index in [0.29, 0.717) is 17.4 Å². The fourth-order valence-corrected chi connectivity index (χ4v) is 2.44. The molecular formula is C13H17N5O. The molecule has 100 valence electrons. The Hall–Kier alpha value is -1.82. The third kappa shape index (κ3) is 2.35. The van der Waals surface area contributed by atoms with Gasteiger partial charge in [-0.3, -0.25) is 4.98 Å². The number of nitrogens with zero attached hydrogens (tertiary/aromatic N) is 4. The summed E-state index contributed by atoms with van der Waals surface area (Å²) < 4.78 is 5.34. The van der Waals surface area contributed by atoms with Crippen LogP contribution in [0.4, 0.5) is 0 Å². The van der Waals surface area contributed by atoms with E-state index in [1.54, 1.807) is 18.6 Å². The minimum Gasteiger partial charge on any atom is -0.337 e. The zero-order valence-corrected chi connectivity index (χ0v) is 10.9. The Morgan fingerprint density at radius 2 is 2.11 bits per heavy atom. The predicted octanol–water partition coefficient (Wildman–Crippen LogP) is 1.89. The van der Waals surface area contributed by atoms with E-state index >= 15 is 0 Å². The lowest BCUT2D eigenvalue weighted by atomic mass is 9.78. The van der Waals surface area contributed by atoms with E-state index in [1.165, 1.54) is 0 Å². The molecule has 0 unspecified atom stereocenters. The first-order valence-electron chi connectivity index (χ1n) is 6.57. The van der Waals surface area contributed by atoms with Crippen molar-refractivity contribution in [2.45, 2.75) is 38.1 Å². The number of hydrogen-bond donors (Lipinski definition) is 1. The van der Waals surface area contributed by atoms with Crippen LogP contribution in [-0.4, -0.2) is 20.1 Å². The molecule has 0 bridgehead atoms. The van der Waals surface area contributed by atoms with Crippen molar-refractivity contribution in [3.63, 3.8) is 0 Å². The highest BCUT2D eigenvalue weighted by molar-refractivity contribution is 5.45. The van der Waals surface area contributed by atoms with Gasteiger partial charge in [0.15, 0.2) is 0 Å². The molecule has 6 nitrogen and oxygen atoms in total. The average Bonchev–Trinajstić information content (AvgIpc) is 2.94. The molecule has 0 amide bonds. The van der Waals surface area contributed by atoms with Crippen LogP contribution in [0.15, 0.2) is 23.1 Å². The zero-order chi connectivity index (χ0) is 13.3. The number of nitrogens with two attached hydrogens (primary N) is 1. The fourth-order valence-electron chi connectivity index (χ4n) is 2.44. The van der Waals surface area contributed by atoms with E-state index in [0.717, 1.165) is 31.6 Å². The Kier molecular flexibility index (Phi) is 3.02. The summed E-state index contributed by atoms with van der Waals surface area (Å²) in [7, 11) is 0. The van der Waals surface area contributed by atoms with E-state index in [2.05, 4.69) is 27.0 Å². The summed E-state index contributed by atoms with van der Waals surface area (Å²) in [5.41, 5.74) is 6.52. The van der Waals surface area contributed by atoms with Crippen LogP contribution in [0.25, 0.3) is 11.5 Å². The third-order valence-electron chi connectivity index (χ3n) is 3.81. The number of aromatic nitrogens is 4. The van der Waals surface area contributed by atoms with Crippen molar-refractivity contribution in [1.82, 2.24) is 20.1 Å². The monoisotopic (exact) mass is 259 g/mol. The van der Waals surface area contributed by atoms with Gasteiger partial charge in [0, 0.05) is 12.4 Å². The molecule has 6 heteroatoms. The Balaban J connectivity index is 1.85. The lowest BCUT2D eigenvalue weighted by Crippen LogP contribution is -2.40. The molecule has 0 spiro atoms. The minimum atomic E-state index is -0.486. The van der Waals surface area contributed by atoms with Crippen molar-refractivity contribution in [3.8, 4) is 11.5 Å². The maximum absolute atomic E-state index is 6.40. The van der Waals surface area contributed by atoms with E-state index in [9.17, 15) is 0 Å². The second-order valence-corrected chi connectivity index (χ2v) is 5.35. The molecule has 2 aromatic heterocycles. The van der Waals surface area contributed by atoms with Crippen LogP contribution in [0.3, 0.4) is 0 Å². The molecule has 2 heterocycles. The molecule has 3 rings (SSSR count). The Labute approximate surface area is 111 Å². The van der Waals surface area contributed by atoms with Crippen molar-refractivity contribution < 1.29 is 4.52 Å². The average molecular weight is 259 g/mol. The van der Waals surface area contributed by atoms with Crippen LogP contribution in [0.5, 0.6) is 0 Å². The van der Waals surface area contributed by atoms with Gasteiger partial charge in [-0.1, -0.05) is 12.1 Å². The molecule has 2 N–H and O–H groups in total. The van der Waals surface area contributed by atoms with Gasteiger partial charge in [-0.2, -0.15) is 4.98 Å². The summed E-state index contributed by atoms with van der Waals surface area (Å²) >= 11 is 0. The topological polar surface area (TPSA) is 90.7 Å². The van der Waals surface area contributed by atoms with Crippen LogP contribution in [0.2, 0.25) is 0 Å². The highest BCUT2D eigenvalue weighted by Gasteiger charge is 2.37. The van der Waals surface area contributed by atoms with Gasteiger partial charge in [0.05, 0.1) is 11.7 Å². The normalized spacial score (nSPS) is 27.4. The number of rotatable bonds is 2. The molecule has 0 aromatic carbocycles. The van der Waals surface area contributed by atoms with Gasteiger partial charge in [0.25, 0.3) is 0 Å². The molecule has 1 fully saturated rings. The largest absolute Gasteiger partial charge is 0.337 e. The molecule has 0 saturated heterocycles. The molecule has 1 saturated carbocycles. The fraction of sp³-hybridized carbons (Fsp3) is 0.538. The second-order valence-electron chi connectivity index (χ2n) is 5.35. The summed E-state index contributed by atoms with van der Waals surface area (Å²) in [5, 5.41) is 3.96. The smallest absolute Gasteiger partial charge is 0.247 e. The van der Waals surface area contributed by atoms with E-state index in [-0.39, 0.29) is 0 Å². The molecule has 0 radical (unpaired) electrons. The number of hydrogen-bond acceptors (Lipinski definition) is 6. The first kappa shape index (κ1) is 12.2. The van der Waals surface area contributed by atoms with Gasteiger partial charge in [-0.05, 0) is 31.6 Å². The van der Waals surface area contributed by atoms with E-state index in [4.69, 9.17) is 10.3 Å². The Morgan fingerprint density at radius 1 is 1.32 bits per heavy atom. The van der Waals surface area contributed by atoms with Gasteiger partial charge in [-0.25, -0.2) is 4.98 Å². The maximum Gasteiger partial charge on any atom is 0.247 e. The van der Waals surface area contributed by atoms with Gasteiger partial charge in [-0.15, -0.1) is 0 Å². The lowest BCUT2D eigenvalue weighted by Gasteiger charge is -2.32. The second kappa shape index (κ2) is 4.70. The molecule has 19 heavy (non-hydrogen) atoms. The van der Waals surface area contributed by atoms with Crippen LogP contribution >= 0.6 is 0 Å². The Morgan fingerprint density at radius 3 is 2.79 bits per heavy atom. The van der Waals surface area contributed by atoms with Gasteiger partial charge in [0.2, 0.25) is 11.7 Å². The molecule has 1 aliphatic carbocycles. The van der Waals surface area contributed by atoms with Crippen molar-refractivity contribution in [2.75, 3.05) is 0 Å². The van der Waals surface area contributed by atoms with Gasteiger partial charge >= 0.3 is 0 Å². The highest BCUT2D eigenvalue weighted by atomic mass is 16.5. The zero-order valence-electron chi connectivity index (χ0n) is 10.9. The SMILES string of the molecule is CC1CCC(N)(c2nc(-c3cnccn3)no2)CC1. The maximum atomic E-state index is 6.40. The van der Waals surface area contributed by atoms with Crippen molar-refractivity contribution >= 4 is 0 Å². The lowest BCUT2D eigenvalue weighted by molar-refractivity contribution is 0.190. The molecule has 0 atom stereocenters. The summed E-state index contributed by atoms with van der Waals surface area (Å²) in [5.74, 6) is 1.69. The van der Waals surface area contributed by atoms with Crippen LogP contribution in [-0.2, 0) is 5.54 Å². The molecule has 2 aromatic rings.